The highest BCUT2D eigenvalue weighted by Gasteiger charge is 2.24. The van der Waals surface area contributed by atoms with Crippen LogP contribution >= 0.6 is 22.9 Å². The number of carbonyl (C=O) groups excluding carboxylic acids is 1. The second-order valence-corrected chi connectivity index (χ2v) is 8.92. The number of oxazole rings is 1. The van der Waals surface area contributed by atoms with Gasteiger partial charge in [-0.25, -0.2) is 9.78 Å². The van der Waals surface area contributed by atoms with Gasteiger partial charge in [0.05, 0.1) is 28.5 Å². The van der Waals surface area contributed by atoms with E-state index in [1.165, 1.54) is 15.9 Å². The first kappa shape index (κ1) is 21.1. The number of para-hydroxylation sites is 3. The zero-order valence-electron chi connectivity index (χ0n) is 17.2. The molecule has 32 heavy (non-hydrogen) atoms. The van der Waals surface area contributed by atoms with Gasteiger partial charge in [-0.2, -0.15) is 0 Å². The number of nitrogens with zero attached hydrogens (tertiary/aromatic N) is 4. The molecule has 4 aromatic rings. The molecule has 0 N–H and O–H groups in total. The van der Waals surface area contributed by atoms with Gasteiger partial charge in [-0.1, -0.05) is 41.1 Å². The number of amides is 1. The number of ether oxygens (including phenoxy) is 1. The van der Waals surface area contributed by atoms with Gasteiger partial charge in [-0.05, 0) is 24.3 Å². The monoisotopic (exact) mass is 472 g/mol. The molecule has 3 heterocycles. The van der Waals surface area contributed by atoms with Crippen LogP contribution in [-0.4, -0.2) is 59.8 Å². The number of aromatic nitrogens is 2. The summed E-state index contributed by atoms with van der Waals surface area (Å²) in [4.78, 5) is 34.4. The van der Waals surface area contributed by atoms with Gasteiger partial charge in [-0.3, -0.25) is 19.2 Å². The SMILES string of the molecule is O=C(Cn1c(=O)oc2ccccc21)N(CCN1CCOCC1)c1nc2c(Cl)cccc2s1. The number of thiazole rings is 1. The van der Waals surface area contributed by atoms with Crippen molar-refractivity contribution in [2.75, 3.05) is 44.3 Å². The van der Waals surface area contributed by atoms with Crippen molar-refractivity contribution in [3.05, 3.63) is 58.0 Å². The molecule has 8 nitrogen and oxygen atoms in total. The molecule has 2 aromatic carbocycles. The third-order valence-electron chi connectivity index (χ3n) is 5.50. The van der Waals surface area contributed by atoms with Gasteiger partial charge in [0.25, 0.3) is 0 Å². The maximum absolute atomic E-state index is 13.5. The summed E-state index contributed by atoms with van der Waals surface area (Å²) >= 11 is 7.73. The lowest BCUT2D eigenvalue weighted by Gasteiger charge is -2.29. The highest BCUT2D eigenvalue weighted by Crippen LogP contribution is 2.33. The molecule has 0 spiro atoms. The second-order valence-electron chi connectivity index (χ2n) is 7.50. The summed E-state index contributed by atoms with van der Waals surface area (Å²) in [6, 6.07) is 12.7. The van der Waals surface area contributed by atoms with Crippen LogP contribution in [0.25, 0.3) is 21.3 Å². The van der Waals surface area contributed by atoms with Crippen LogP contribution in [0.3, 0.4) is 0 Å². The molecule has 1 saturated heterocycles. The molecule has 1 aliphatic heterocycles. The smallest absolute Gasteiger partial charge is 0.408 e. The van der Waals surface area contributed by atoms with Gasteiger partial charge in [0.1, 0.15) is 12.1 Å². The largest absolute Gasteiger partial charge is 0.420 e. The number of hydrogen-bond donors (Lipinski definition) is 0. The molecule has 10 heteroatoms. The van der Waals surface area contributed by atoms with Crippen molar-refractivity contribution in [1.82, 2.24) is 14.5 Å². The predicted molar refractivity (Wildman–Crippen MR) is 125 cm³/mol. The zero-order valence-corrected chi connectivity index (χ0v) is 18.8. The Kier molecular flexibility index (Phi) is 5.97. The average molecular weight is 473 g/mol. The summed E-state index contributed by atoms with van der Waals surface area (Å²) in [6.07, 6.45) is 0. The van der Waals surface area contributed by atoms with Crippen LogP contribution in [0.2, 0.25) is 5.02 Å². The Morgan fingerprint density at radius 3 is 2.78 bits per heavy atom. The lowest BCUT2D eigenvalue weighted by atomic mass is 10.3. The fraction of sp³-hybridized carbons (Fsp3) is 0.318. The fourth-order valence-corrected chi connectivity index (χ4v) is 5.10. The maximum Gasteiger partial charge on any atom is 0.420 e. The lowest BCUT2D eigenvalue weighted by Crippen LogP contribution is -2.44. The number of benzene rings is 2. The molecule has 0 unspecified atom stereocenters. The van der Waals surface area contributed by atoms with Crippen LogP contribution in [0.1, 0.15) is 0 Å². The average Bonchev–Trinajstić information content (AvgIpc) is 3.37. The fourth-order valence-electron chi connectivity index (χ4n) is 3.80. The minimum absolute atomic E-state index is 0.136. The van der Waals surface area contributed by atoms with E-state index in [1.54, 1.807) is 29.2 Å². The molecular formula is C22H21ClN4O4S. The predicted octanol–water partition coefficient (Wildman–Crippen LogP) is 3.22. The third kappa shape index (κ3) is 4.16. The van der Waals surface area contributed by atoms with Crippen molar-refractivity contribution in [2.24, 2.45) is 0 Å². The van der Waals surface area contributed by atoms with E-state index >= 15 is 0 Å². The highest BCUT2D eigenvalue weighted by molar-refractivity contribution is 7.22. The molecule has 1 aliphatic rings. The van der Waals surface area contributed by atoms with E-state index in [0.29, 0.717) is 53.1 Å². The Hall–Kier alpha value is -2.72. The summed E-state index contributed by atoms with van der Waals surface area (Å²) < 4.78 is 13.0. The molecule has 0 aliphatic carbocycles. The Bertz CT molecular complexity index is 1320. The Morgan fingerprint density at radius 1 is 1.16 bits per heavy atom. The van der Waals surface area contributed by atoms with Crippen LogP contribution in [-0.2, 0) is 16.1 Å². The van der Waals surface area contributed by atoms with Crippen LogP contribution < -0.4 is 10.7 Å². The highest BCUT2D eigenvalue weighted by atomic mass is 35.5. The first-order chi connectivity index (χ1) is 15.6. The maximum atomic E-state index is 13.5. The molecule has 0 radical (unpaired) electrons. The van der Waals surface area contributed by atoms with Crippen LogP contribution in [0.15, 0.2) is 51.7 Å². The van der Waals surface area contributed by atoms with E-state index in [9.17, 15) is 9.59 Å². The van der Waals surface area contributed by atoms with Crippen molar-refractivity contribution in [1.29, 1.82) is 0 Å². The molecular weight excluding hydrogens is 452 g/mol. The van der Waals surface area contributed by atoms with E-state index in [4.69, 9.17) is 20.8 Å². The van der Waals surface area contributed by atoms with Crippen molar-refractivity contribution < 1.29 is 13.9 Å². The van der Waals surface area contributed by atoms with E-state index in [-0.39, 0.29) is 12.5 Å². The van der Waals surface area contributed by atoms with Crippen LogP contribution in [0.5, 0.6) is 0 Å². The number of hydrogen-bond acceptors (Lipinski definition) is 7. The van der Waals surface area contributed by atoms with E-state index in [2.05, 4.69) is 9.88 Å². The molecule has 5 rings (SSSR count). The number of carbonyl (C=O) groups is 1. The summed E-state index contributed by atoms with van der Waals surface area (Å²) in [5, 5.41) is 1.11. The number of anilines is 1. The summed E-state index contributed by atoms with van der Waals surface area (Å²) in [7, 11) is 0. The van der Waals surface area contributed by atoms with Gasteiger partial charge in [-0.15, -0.1) is 0 Å². The van der Waals surface area contributed by atoms with Gasteiger partial charge in [0.2, 0.25) is 5.91 Å². The molecule has 1 amide bonds. The minimum atomic E-state index is -0.556. The summed E-state index contributed by atoms with van der Waals surface area (Å²) in [5.41, 5.74) is 1.72. The van der Waals surface area contributed by atoms with E-state index in [1.807, 2.05) is 18.2 Å². The van der Waals surface area contributed by atoms with Crippen molar-refractivity contribution >= 4 is 55.3 Å². The van der Waals surface area contributed by atoms with Crippen molar-refractivity contribution in [2.45, 2.75) is 6.54 Å². The normalized spacial score (nSPS) is 14.9. The number of morpholine rings is 1. The molecule has 1 fully saturated rings. The van der Waals surface area contributed by atoms with Gasteiger partial charge in [0.15, 0.2) is 10.7 Å². The molecule has 0 saturated carbocycles. The minimum Gasteiger partial charge on any atom is -0.408 e. The van der Waals surface area contributed by atoms with Gasteiger partial charge < -0.3 is 9.15 Å². The van der Waals surface area contributed by atoms with Crippen molar-refractivity contribution in [3.8, 4) is 0 Å². The first-order valence-corrected chi connectivity index (χ1v) is 11.5. The molecule has 0 atom stereocenters. The standard InChI is InChI=1S/C22H21ClN4O4S/c23-15-4-3-7-18-20(15)24-21(32-18)26(9-8-25-10-12-30-13-11-25)19(28)14-27-16-5-1-2-6-17(16)31-22(27)29/h1-7H,8-14H2. The Balaban J connectivity index is 1.46. The number of rotatable bonds is 6. The van der Waals surface area contributed by atoms with Gasteiger partial charge in [0, 0.05) is 26.2 Å². The van der Waals surface area contributed by atoms with Crippen LogP contribution in [0.4, 0.5) is 5.13 Å². The topological polar surface area (TPSA) is 80.8 Å². The third-order valence-corrected chi connectivity index (χ3v) is 6.85. The Morgan fingerprint density at radius 2 is 1.97 bits per heavy atom. The van der Waals surface area contributed by atoms with E-state index in [0.717, 1.165) is 17.8 Å². The number of fused-ring (bicyclic) bond motifs is 2. The molecule has 0 bridgehead atoms. The van der Waals surface area contributed by atoms with Crippen molar-refractivity contribution in [3.63, 3.8) is 0 Å². The van der Waals surface area contributed by atoms with E-state index < -0.39 is 5.76 Å². The lowest BCUT2D eigenvalue weighted by molar-refractivity contribution is -0.119. The first-order valence-electron chi connectivity index (χ1n) is 10.3. The molecule has 2 aromatic heterocycles. The second kappa shape index (κ2) is 9.03. The number of halogens is 1. The Labute approximate surface area is 192 Å². The summed E-state index contributed by atoms with van der Waals surface area (Å²) in [5.74, 6) is -0.790. The summed E-state index contributed by atoms with van der Waals surface area (Å²) in [6.45, 7) is 3.99. The quantitative estimate of drug-likeness (QED) is 0.428. The van der Waals surface area contributed by atoms with Crippen LogP contribution in [0, 0.1) is 0 Å². The zero-order chi connectivity index (χ0) is 22.1. The van der Waals surface area contributed by atoms with Gasteiger partial charge >= 0.3 is 5.76 Å². The molecule has 166 valence electrons.